The molecule has 92 valence electrons. The molecule has 1 aliphatic rings. The third-order valence-corrected chi connectivity index (χ3v) is 3.41. The summed E-state index contributed by atoms with van der Waals surface area (Å²) in [4.78, 5) is 4.42. The van der Waals surface area contributed by atoms with Crippen LogP contribution in [-0.4, -0.2) is 9.55 Å². The lowest BCUT2D eigenvalue weighted by molar-refractivity contribution is 0.833. The quantitative estimate of drug-likeness (QED) is 0.833. The first kappa shape index (κ1) is 11.1. The Labute approximate surface area is 107 Å². The molecule has 1 aromatic heterocycles. The van der Waals surface area contributed by atoms with E-state index in [2.05, 4.69) is 35.8 Å². The summed E-state index contributed by atoms with van der Waals surface area (Å²) < 4.78 is 1.91. The monoisotopic (exact) mass is 239 g/mol. The highest BCUT2D eigenvalue weighted by Crippen LogP contribution is 2.41. The number of anilines is 1. The number of rotatable bonds is 4. The molecule has 1 aliphatic carbocycles. The second-order valence-corrected chi connectivity index (χ2v) is 4.82. The molecule has 0 radical (unpaired) electrons. The lowest BCUT2D eigenvalue weighted by Gasteiger charge is -2.04. The zero-order valence-electron chi connectivity index (χ0n) is 10.3. The van der Waals surface area contributed by atoms with Crippen LogP contribution in [0.5, 0.6) is 0 Å². The molecular weight excluding hydrogens is 222 g/mol. The van der Waals surface area contributed by atoms with Gasteiger partial charge in [0.05, 0.1) is 6.33 Å². The minimum absolute atomic E-state index is 0.696. The summed E-state index contributed by atoms with van der Waals surface area (Å²) in [6, 6.07) is 8.57. The van der Waals surface area contributed by atoms with Gasteiger partial charge in [-0.15, -0.1) is 6.58 Å². The Bertz CT molecular complexity index is 579. The zero-order valence-corrected chi connectivity index (χ0v) is 10.3. The second-order valence-electron chi connectivity index (χ2n) is 4.82. The zero-order chi connectivity index (χ0) is 12.5. The number of aromatic nitrogens is 2. The molecule has 3 nitrogen and oxygen atoms in total. The van der Waals surface area contributed by atoms with Crippen molar-refractivity contribution in [3.63, 3.8) is 0 Å². The van der Waals surface area contributed by atoms with Crippen molar-refractivity contribution in [1.82, 2.24) is 9.55 Å². The summed E-state index contributed by atoms with van der Waals surface area (Å²) in [6.07, 6.45) is 6.21. The molecule has 1 saturated carbocycles. The van der Waals surface area contributed by atoms with Gasteiger partial charge in [0.25, 0.3) is 0 Å². The molecule has 0 unspecified atom stereocenters. The molecule has 0 amide bonds. The van der Waals surface area contributed by atoms with Gasteiger partial charge in [0, 0.05) is 12.1 Å². The van der Waals surface area contributed by atoms with E-state index in [-0.39, 0.29) is 0 Å². The normalized spacial score (nSPS) is 14.7. The van der Waals surface area contributed by atoms with Gasteiger partial charge < -0.3 is 10.3 Å². The fourth-order valence-corrected chi connectivity index (χ4v) is 2.26. The van der Waals surface area contributed by atoms with Gasteiger partial charge in [-0.1, -0.05) is 24.3 Å². The highest BCUT2D eigenvalue weighted by atomic mass is 15.1. The molecule has 0 aliphatic heterocycles. The molecular formula is C15H17N3. The average Bonchev–Trinajstić information content (AvgIpc) is 3.17. The van der Waals surface area contributed by atoms with Crippen LogP contribution < -0.4 is 5.73 Å². The van der Waals surface area contributed by atoms with E-state index in [1.165, 1.54) is 18.4 Å². The minimum Gasteiger partial charge on any atom is -0.383 e. The van der Waals surface area contributed by atoms with E-state index in [0.717, 1.165) is 17.2 Å². The largest absolute Gasteiger partial charge is 0.383 e. The minimum atomic E-state index is 0.696. The van der Waals surface area contributed by atoms with E-state index in [4.69, 9.17) is 5.73 Å². The van der Waals surface area contributed by atoms with E-state index in [0.29, 0.717) is 12.4 Å². The number of nitrogens with zero attached hydrogens (tertiary/aromatic N) is 2. The third-order valence-electron chi connectivity index (χ3n) is 3.41. The molecule has 0 bridgehead atoms. The van der Waals surface area contributed by atoms with Gasteiger partial charge in [-0.05, 0) is 30.4 Å². The molecule has 2 aromatic rings. The van der Waals surface area contributed by atoms with Gasteiger partial charge in [0.2, 0.25) is 0 Å². The van der Waals surface area contributed by atoms with Crippen LogP contribution in [0.25, 0.3) is 11.3 Å². The molecule has 1 fully saturated rings. The number of nitrogens with two attached hydrogens (primary N) is 1. The van der Waals surface area contributed by atoms with Crippen molar-refractivity contribution in [3.8, 4) is 11.3 Å². The van der Waals surface area contributed by atoms with Crippen molar-refractivity contribution < 1.29 is 0 Å². The molecule has 0 saturated heterocycles. The Morgan fingerprint density at radius 3 is 3.00 bits per heavy atom. The maximum Gasteiger partial charge on any atom is 0.131 e. The standard InChI is InChI=1S/C15H17N3/c1-2-8-18-10-17-14(15(18)16)13-5-3-4-12(9-13)11-6-7-11/h2-5,9-11H,1,6-8,16H2. The highest BCUT2D eigenvalue weighted by molar-refractivity contribution is 5.71. The Balaban J connectivity index is 1.98. The maximum atomic E-state index is 6.12. The van der Waals surface area contributed by atoms with E-state index in [9.17, 15) is 0 Å². The average molecular weight is 239 g/mol. The van der Waals surface area contributed by atoms with Gasteiger partial charge in [-0.2, -0.15) is 0 Å². The number of allylic oxidation sites excluding steroid dienone is 1. The predicted molar refractivity (Wildman–Crippen MR) is 74.2 cm³/mol. The summed E-state index contributed by atoms with van der Waals surface area (Å²) in [5, 5.41) is 0. The molecule has 18 heavy (non-hydrogen) atoms. The van der Waals surface area contributed by atoms with Crippen LogP contribution in [-0.2, 0) is 6.54 Å². The summed E-state index contributed by atoms with van der Waals surface area (Å²) in [7, 11) is 0. The lowest BCUT2D eigenvalue weighted by atomic mass is 10.1. The van der Waals surface area contributed by atoms with Gasteiger partial charge in [-0.25, -0.2) is 4.98 Å². The fraction of sp³-hybridized carbons (Fsp3) is 0.267. The first-order valence-electron chi connectivity index (χ1n) is 6.31. The molecule has 1 heterocycles. The topological polar surface area (TPSA) is 43.8 Å². The Hall–Kier alpha value is -2.03. The van der Waals surface area contributed by atoms with E-state index in [1.54, 1.807) is 6.33 Å². The molecule has 0 spiro atoms. The number of imidazole rings is 1. The predicted octanol–water partition coefficient (Wildman–Crippen LogP) is 3.20. The summed E-state index contributed by atoms with van der Waals surface area (Å²) in [6.45, 7) is 4.42. The molecule has 1 aromatic carbocycles. The van der Waals surface area contributed by atoms with Crippen LogP contribution in [0, 0.1) is 0 Å². The van der Waals surface area contributed by atoms with Gasteiger partial charge in [-0.3, -0.25) is 0 Å². The highest BCUT2D eigenvalue weighted by Gasteiger charge is 2.23. The number of nitrogen functional groups attached to an aromatic ring is 1. The van der Waals surface area contributed by atoms with Crippen molar-refractivity contribution in [3.05, 3.63) is 48.8 Å². The van der Waals surface area contributed by atoms with Crippen LogP contribution in [0.2, 0.25) is 0 Å². The molecule has 3 heteroatoms. The Morgan fingerprint density at radius 2 is 2.28 bits per heavy atom. The van der Waals surface area contributed by atoms with Crippen LogP contribution in [0.3, 0.4) is 0 Å². The number of benzene rings is 1. The lowest BCUT2D eigenvalue weighted by Crippen LogP contribution is -2.00. The van der Waals surface area contributed by atoms with Gasteiger partial charge >= 0.3 is 0 Å². The smallest absolute Gasteiger partial charge is 0.131 e. The van der Waals surface area contributed by atoms with E-state index < -0.39 is 0 Å². The fourth-order valence-electron chi connectivity index (χ4n) is 2.26. The third kappa shape index (κ3) is 1.92. The first-order valence-corrected chi connectivity index (χ1v) is 6.31. The molecule has 3 rings (SSSR count). The summed E-state index contributed by atoms with van der Waals surface area (Å²) >= 11 is 0. The Morgan fingerprint density at radius 1 is 1.44 bits per heavy atom. The van der Waals surface area contributed by atoms with Crippen LogP contribution in [0.4, 0.5) is 5.82 Å². The maximum absolute atomic E-state index is 6.12. The summed E-state index contributed by atoms with van der Waals surface area (Å²) in [5.74, 6) is 1.46. The van der Waals surface area contributed by atoms with Crippen molar-refractivity contribution >= 4 is 5.82 Å². The van der Waals surface area contributed by atoms with Gasteiger partial charge in [0.1, 0.15) is 11.5 Å². The SMILES string of the molecule is C=CCn1cnc(-c2cccc(C3CC3)c2)c1N. The van der Waals surface area contributed by atoms with Crippen LogP contribution >= 0.6 is 0 Å². The van der Waals surface area contributed by atoms with Crippen LogP contribution in [0.1, 0.15) is 24.3 Å². The van der Waals surface area contributed by atoms with Crippen molar-refractivity contribution in [2.75, 3.05) is 5.73 Å². The molecule has 2 N–H and O–H groups in total. The van der Waals surface area contributed by atoms with E-state index in [1.807, 2.05) is 10.6 Å². The van der Waals surface area contributed by atoms with Crippen molar-refractivity contribution in [2.45, 2.75) is 25.3 Å². The van der Waals surface area contributed by atoms with Crippen molar-refractivity contribution in [2.24, 2.45) is 0 Å². The number of hydrogen-bond acceptors (Lipinski definition) is 2. The first-order chi connectivity index (χ1) is 8.79. The molecule has 0 atom stereocenters. The Kier molecular flexibility index (Phi) is 2.67. The van der Waals surface area contributed by atoms with Gasteiger partial charge in [0.15, 0.2) is 0 Å². The number of hydrogen-bond donors (Lipinski definition) is 1. The van der Waals surface area contributed by atoms with Crippen LogP contribution in [0.15, 0.2) is 43.2 Å². The van der Waals surface area contributed by atoms with E-state index >= 15 is 0 Å². The van der Waals surface area contributed by atoms with Crippen molar-refractivity contribution in [1.29, 1.82) is 0 Å². The second kappa shape index (κ2) is 4.33. The summed E-state index contributed by atoms with van der Waals surface area (Å²) in [5.41, 5.74) is 9.51.